The number of rotatable bonds is 7. The van der Waals surface area contributed by atoms with Gasteiger partial charge in [-0.25, -0.2) is 13.4 Å². The minimum atomic E-state index is -2.98. The quantitative estimate of drug-likeness (QED) is 0.687. The van der Waals surface area contributed by atoms with Crippen molar-refractivity contribution >= 4 is 27.1 Å². The summed E-state index contributed by atoms with van der Waals surface area (Å²) in [6, 6.07) is -0.120. The monoisotopic (exact) mass is 413 g/mol. The van der Waals surface area contributed by atoms with Crippen LogP contribution in [0.1, 0.15) is 49.7 Å². The average molecular weight is 414 g/mol. The molecule has 3 rings (SSSR count). The van der Waals surface area contributed by atoms with E-state index in [9.17, 15) is 13.2 Å². The van der Waals surface area contributed by atoms with Gasteiger partial charge in [-0.2, -0.15) is 0 Å². The highest BCUT2D eigenvalue weighted by Crippen LogP contribution is 2.26. The molecule has 1 aromatic rings. The maximum atomic E-state index is 13.2. The van der Waals surface area contributed by atoms with Crippen molar-refractivity contribution in [3.05, 3.63) is 16.1 Å². The zero-order chi connectivity index (χ0) is 19.4. The van der Waals surface area contributed by atoms with E-state index in [-0.39, 0.29) is 29.4 Å². The standard InChI is InChI=1S/C19H31N3O3S2/c1-3-4-8-22(18-7-11-27(24,25)14-18)19(23)16-5-9-21(10-6-16)12-17-13-26-15(2)20-17/h13,16,18H,3-12,14H2,1-2H3. The minimum absolute atomic E-state index is 0.0265. The van der Waals surface area contributed by atoms with Gasteiger partial charge in [-0.3, -0.25) is 9.69 Å². The van der Waals surface area contributed by atoms with Crippen molar-refractivity contribution in [2.75, 3.05) is 31.1 Å². The Morgan fingerprint density at radius 2 is 2.07 bits per heavy atom. The molecule has 1 atom stereocenters. The Hall–Kier alpha value is -0.990. The molecule has 0 bridgehead atoms. The molecule has 3 heterocycles. The molecule has 0 radical (unpaired) electrons. The van der Waals surface area contributed by atoms with Crippen LogP contribution in [0.15, 0.2) is 5.38 Å². The molecule has 152 valence electrons. The van der Waals surface area contributed by atoms with E-state index in [0.717, 1.165) is 56.0 Å². The molecule has 0 aliphatic carbocycles. The number of aromatic nitrogens is 1. The Kier molecular flexibility index (Phi) is 6.92. The maximum absolute atomic E-state index is 13.2. The van der Waals surface area contributed by atoms with Crippen molar-refractivity contribution in [1.82, 2.24) is 14.8 Å². The predicted molar refractivity (Wildman–Crippen MR) is 109 cm³/mol. The van der Waals surface area contributed by atoms with E-state index in [1.54, 1.807) is 11.3 Å². The third-order valence-corrected chi connectivity index (χ3v) is 8.25. The lowest BCUT2D eigenvalue weighted by atomic mass is 9.94. The summed E-state index contributed by atoms with van der Waals surface area (Å²) in [6.45, 7) is 7.47. The first-order valence-corrected chi connectivity index (χ1v) is 12.7. The highest BCUT2D eigenvalue weighted by molar-refractivity contribution is 7.91. The molecule has 2 aliphatic rings. The molecule has 0 aromatic carbocycles. The van der Waals surface area contributed by atoms with Crippen LogP contribution in [0.5, 0.6) is 0 Å². The fourth-order valence-electron chi connectivity index (χ4n) is 4.10. The molecule has 2 aliphatic heterocycles. The Bertz CT molecular complexity index is 739. The van der Waals surface area contributed by atoms with Gasteiger partial charge in [0.2, 0.25) is 5.91 Å². The summed E-state index contributed by atoms with van der Waals surface area (Å²) < 4.78 is 23.8. The van der Waals surface area contributed by atoms with Gasteiger partial charge in [0.15, 0.2) is 9.84 Å². The largest absolute Gasteiger partial charge is 0.338 e. The zero-order valence-corrected chi connectivity index (χ0v) is 18.0. The van der Waals surface area contributed by atoms with E-state index in [0.29, 0.717) is 13.0 Å². The van der Waals surface area contributed by atoms with E-state index in [4.69, 9.17) is 0 Å². The number of hydrogen-bond acceptors (Lipinski definition) is 6. The molecule has 0 N–H and O–H groups in total. The summed E-state index contributed by atoms with van der Waals surface area (Å²) >= 11 is 1.68. The lowest BCUT2D eigenvalue weighted by Gasteiger charge is -2.36. The van der Waals surface area contributed by atoms with Gasteiger partial charge in [0, 0.05) is 30.4 Å². The zero-order valence-electron chi connectivity index (χ0n) is 16.4. The Morgan fingerprint density at radius 1 is 1.33 bits per heavy atom. The number of hydrogen-bond donors (Lipinski definition) is 0. The second-order valence-electron chi connectivity index (χ2n) is 7.85. The molecule has 0 saturated carbocycles. The Balaban J connectivity index is 1.56. The van der Waals surface area contributed by atoms with Crippen LogP contribution >= 0.6 is 11.3 Å². The second-order valence-corrected chi connectivity index (χ2v) is 11.1. The normalized spacial score (nSPS) is 23.6. The van der Waals surface area contributed by atoms with Gasteiger partial charge in [-0.05, 0) is 45.7 Å². The number of piperidine rings is 1. The lowest BCUT2D eigenvalue weighted by Crippen LogP contribution is -2.47. The first-order chi connectivity index (χ1) is 12.9. The summed E-state index contributed by atoms with van der Waals surface area (Å²) in [6.07, 6.45) is 4.24. The number of unbranched alkanes of at least 4 members (excludes halogenated alkanes) is 1. The van der Waals surface area contributed by atoms with Gasteiger partial charge in [0.1, 0.15) is 0 Å². The van der Waals surface area contributed by atoms with Gasteiger partial charge < -0.3 is 4.90 Å². The molecular formula is C19H31N3O3S2. The van der Waals surface area contributed by atoms with Crippen molar-refractivity contribution in [2.24, 2.45) is 5.92 Å². The van der Waals surface area contributed by atoms with E-state index in [1.807, 2.05) is 11.8 Å². The number of sulfone groups is 1. The van der Waals surface area contributed by atoms with Crippen molar-refractivity contribution in [2.45, 2.75) is 58.5 Å². The molecule has 1 amide bonds. The number of nitrogens with zero attached hydrogens (tertiary/aromatic N) is 3. The maximum Gasteiger partial charge on any atom is 0.226 e. The minimum Gasteiger partial charge on any atom is -0.338 e. The number of carbonyl (C=O) groups is 1. The number of thiazole rings is 1. The topological polar surface area (TPSA) is 70.6 Å². The smallest absolute Gasteiger partial charge is 0.226 e. The van der Waals surface area contributed by atoms with E-state index < -0.39 is 9.84 Å². The molecule has 0 spiro atoms. The first kappa shape index (κ1) is 20.7. The Labute approximate surface area is 166 Å². The van der Waals surface area contributed by atoms with Gasteiger partial charge in [-0.1, -0.05) is 13.3 Å². The molecular weight excluding hydrogens is 382 g/mol. The Morgan fingerprint density at radius 3 is 2.63 bits per heavy atom. The van der Waals surface area contributed by atoms with E-state index >= 15 is 0 Å². The molecule has 6 nitrogen and oxygen atoms in total. The number of aryl methyl sites for hydroxylation is 1. The van der Waals surface area contributed by atoms with Crippen LogP contribution in [0, 0.1) is 12.8 Å². The molecule has 8 heteroatoms. The summed E-state index contributed by atoms with van der Waals surface area (Å²) in [7, 11) is -2.98. The fourth-order valence-corrected chi connectivity index (χ4v) is 6.44. The summed E-state index contributed by atoms with van der Waals surface area (Å²) in [4.78, 5) is 22.0. The summed E-state index contributed by atoms with van der Waals surface area (Å²) in [5.74, 6) is 0.567. The van der Waals surface area contributed by atoms with Crippen molar-refractivity contribution in [3.8, 4) is 0 Å². The van der Waals surface area contributed by atoms with E-state index in [2.05, 4.69) is 22.2 Å². The average Bonchev–Trinajstić information content (AvgIpc) is 3.20. The van der Waals surface area contributed by atoms with Gasteiger partial charge >= 0.3 is 0 Å². The number of carbonyl (C=O) groups excluding carboxylic acids is 1. The second kappa shape index (κ2) is 9.01. The van der Waals surface area contributed by atoms with Crippen LogP contribution < -0.4 is 0 Å². The number of amides is 1. The molecule has 1 unspecified atom stereocenters. The third-order valence-electron chi connectivity index (χ3n) is 5.67. The van der Waals surface area contributed by atoms with Gasteiger partial charge in [-0.15, -0.1) is 11.3 Å². The highest BCUT2D eigenvalue weighted by atomic mass is 32.2. The summed E-state index contributed by atoms with van der Waals surface area (Å²) in [5, 5.41) is 3.20. The molecule has 2 fully saturated rings. The highest BCUT2D eigenvalue weighted by Gasteiger charge is 2.37. The van der Waals surface area contributed by atoms with Crippen molar-refractivity contribution < 1.29 is 13.2 Å². The van der Waals surface area contributed by atoms with Crippen LogP contribution in [0.4, 0.5) is 0 Å². The van der Waals surface area contributed by atoms with Crippen LogP contribution in [0.3, 0.4) is 0 Å². The van der Waals surface area contributed by atoms with Crippen molar-refractivity contribution in [3.63, 3.8) is 0 Å². The van der Waals surface area contributed by atoms with E-state index in [1.165, 1.54) is 0 Å². The molecule has 1 aromatic heterocycles. The van der Waals surface area contributed by atoms with Crippen LogP contribution in [-0.2, 0) is 21.2 Å². The first-order valence-electron chi connectivity index (χ1n) is 10.0. The molecule has 2 saturated heterocycles. The van der Waals surface area contributed by atoms with Crippen LogP contribution in [0.25, 0.3) is 0 Å². The van der Waals surface area contributed by atoms with Crippen molar-refractivity contribution in [1.29, 1.82) is 0 Å². The van der Waals surface area contributed by atoms with Crippen LogP contribution in [0.2, 0.25) is 0 Å². The van der Waals surface area contributed by atoms with Gasteiger partial charge in [0.05, 0.1) is 22.2 Å². The number of likely N-dealkylation sites (tertiary alicyclic amines) is 1. The SMILES string of the molecule is CCCCN(C(=O)C1CCN(Cc2csc(C)n2)CC1)C1CCS(=O)(=O)C1. The lowest BCUT2D eigenvalue weighted by molar-refractivity contribution is -0.139. The molecule has 27 heavy (non-hydrogen) atoms. The third kappa shape index (κ3) is 5.51. The fraction of sp³-hybridized carbons (Fsp3) is 0.789. The summed E-state index contributed by atoms with van der Waals surface area (Å²) in [5.41, 5.74) is 1.11. The predicted octanol–water partition coefficient (Wildman–Crippen LogP) is 2.48. The van der Waals surface area contributed by atoms with Gasteiger partial charge in [0.25, 0.3) is 0 Å². The van der Waals surface area contributed by atoms with Crippen LogP contribution in [-0.4, -0.2) is 66.3 Å².